The number of alkyl halides is 4. The van der Waals surface area contributed by atoms with E-state index in [4.69, 9.17) is 16.3 Å². The molecule has 0 aromatic carbocycles. The van der Waals surface area contributed by atoms with Crippen LogP contribution in [-0.2, 0) is 11.0 Å². The van der Waals surface area contributed by atoms with Gasteiger partial charge in [-0.2, -0.15) is 13.2 Å². The molecule has 2 heterocycles. The first-order chi connectivity index (χ1) is 10.1. The third-order valence-corrected chi connectivity index (χ3v) is 4.02. The van der Waals surface area contributed by atoms with Gasteiger partial charge < -0.3 is 9.64 Å². The van der Waals surface area contributed by atoms with Crippen LogP contribution < -0.4 is 4.74 Å². The van der Waals surface area contributed by atoms with E-state index in [2.05, 4.69) is 4.98 Å². The number of halogens is 4. The van der Waals surface area contributed by atoms with Crippen LogP contribution in [0, 0.1) is 5.41 Å². The summed E-state index contributed by atoms with van der Waals surface area (Å²) in [6.07, 6.45) is -4.86. The predicted octanol–water partition coefficient (Wildman–Crippen LogP) is 2.96. The SMILES string of the molecule is CC(C)(CCl)C(=O)N1CC(Oc2cccc(C(F)(F)F)n2)C1. The number of hydrogen-bond acceptors (Lipinski definition) is 3. The molecule has 22 heavy (non-hydrogen) atoms. The Labute approximate surface area is 131 Å². The Balaban J connectivity index is 1.92. The smallest absolute Gasteiger partial charge is 0.433 e. The number of carbonyl (C=O) groups excluding carboxylic acids is 1. The number of hydrogen-bond donors (Lipinski definition) is 0. The molecular weight excluding hydrogens is 321 g/mol. The fourth-order valence-corrected chi connectivity index (χ4v) is 2.09. The lowest BCUT2D eigenvalue weighted by Gasteiger charge is -2.42. The summed E-state index contributed by atoms with van der Waals surface area (Å²) in [5, 5.41) is 0. The van der Waals surface area contributed by atoms with Gasteiger partial charge in [-0.15, -0.1) is 11.6 Å². The van der Waals surface area contributed by atoms with Crippen LogP contribution in [0.1, 0.15) is 19.5 Å². The molecule has 0 spiro atoms. The molecule has 1 amide bonds. The molecule has 1 aromatic rings. The quantitative estimate of drug-likeness (QED) is 0.794. The van der Waals surface area contributed by atoms with E-state index in [1.807, 2.05) is 0 Å². The molecule has 0 saturated carbocycles. The summed E-state index contributed by atoms with van der Waals surface area (Å²) in [4.78, 5) is 17.1. The van der Waals surface area contributed by atoms with Gasteiger partial charge in [0.1, 0.15) is 11.8 Å². The summed E-state index contributed by atoms with van der Waals surface area (Å²) < 4.78 is 43.0. The Morgan fingerprint density at radius 1 is 1.41 bits per heavy atom. The molecular formula is C14H16ClF3N2O2. The van der Waals surface area contributed by atoms with Crippen molar-refractivity contribution < 1.29 is 22.7 Å². The van der Waals surface area contributed by atoms with Crippen LogP contribution in [0.3, 0.4) is 0 Å². The number of pyridine rings is 1. The van der Waals surface area contributed by atoms with Crippen molar-refractivity contribution >= 4 is 17.5 Å². The molecule has 0 atom stereocenters. The lowest BCUT2D eigenvalue weighted by atomic mass is 9.92. The van der Waals surface area contributed by atoms with E-state index in [9.17, 15) is 18.0 Å². The van der Waals surface area contributed by atoms with Crippen LogP contribution in [0.2, 0.25) is 0 Å². The van der Waals surface area contributed by atoms with E-state index in [0.717, 1.165) is 6.07 Å². The van der Waals surface area contributed by atoms with Crippen molar-refractivity contribution in [3.05, 3.63) is 23.9 Å². The third-order valence-electron chi connectivity index (χ3n) is 3.35. The molecule has 0 N–H and O–H groups in total. The first-order valence-electron chi connectivity index (χ1n) is 6.70. The van der Waals surface area contributed by atoms with Gasteiger partial charge in [0, 0.05) is 11.9 Å². The Hall–Kier alpha value is -1.50. The molecule has 0 unspecified atom stereocenters. The normalized spacial score (nSPS) is 16.4. The van der Waals surface area contributed by atoms with Crippen LogP contribution in [-0.4, -0.2) is 40.9 Å². The summed E-state index contributed by atoms with van der Waals surface area (Å²) in [6.45, 7) is 4.11. The molecule has 2 rings (SSSR count). The number of rotatable bonds is 4. The maximum Gasteiger partial charge on any atom is 0.433 e. The highest BCUT2D eigenvalue weighted by molar-refractivity contribution is 6.19. The zero-order valence-corrected chi connectivity index (χ0v) is 12.9. The number of likely N-dealkylation sites (tertiary alicyclic amines) is 1. The summed E-state index contributed by atoms with van der Waals surface area (Å²) in [6, 6.07) is 3.48. The largest absolute Gasteiger partial charge is 0.471 e. The predicted molar refractivity (Wildman–Crippen MR) is 74.7 cm³/mol. The molecule has 1 fully saturated rings. The average Bonchev–Trinajstić information content (AvgIpc) is 2.41. The zero-order valence-electron chi connectivity index (χ0n) is 12.2. The lowest BCUT2D eigenvalue weighted by molar-refractivity contribution is -0.148. The van der Waals surface area contributed by atoms with E-state index < -0.39 is 17.3 Å². The molecule has 1 aliphatic heterocycles. The first-order valence-corrected chi connectivity index (χ1v) is 7.23. The van der Waals surface area contributed by atoms with Crippen molar-refractivity contribution in [1.82, 2.24) is 9.88 Å². The first kappa shape index (κ1) is 16.9. The summed E-state index contributed by atoms with van der Waals surface area (Å²) >= 11 is 5.74. The van der Waals surface area contributed by atoms with Gasteiger partial charge in [-0.1, -0.05) is 6.07 Å². The van der Waals surface area contributed by atoms with Gasteiger partial charge in [0.25, 0.3) is 0 Å². The lowest BCUT2D eigenvalue weighted by Crippen LogP contribution is -2.59. The van der Waals surface area contributed by atoms with Crippen LogP contribution in [0.4, 0.5) is 13.2 Å². The summed E-state index contributed by atoms with van der Waals surface area (Å²) in [7, 11) is 0. The van der Waals surface area contributed by atoms with Crippen molar-refractivity contribution in [2.45, 2.75) is 26.1 Å². The standard InChI is InChI=1S/C14H16ClF3N2O2/c1-13(2,8-15)12(21)20-6-9(7-20)22-11-5-3-4-10(19-11)14(16,17)18/h3-5,9H,6-8H2,1-2H3. The van der Waals surface area contributed by atoms with Crippen molar-refractivity contribution in [2.75, 3.05) is 19.0 Å². The topological polar surface area (TPSA) is 42.4 Å². The molecule has 0 bridgehead atoms. The number of amides is 1. The minimum absolute atomic E-state index is 0.0940. The molecule has 1 aliphatic rings. The number of nitrogens with zero attached hydrogens (tertiary/aromatic N) is 2. The summed E-state index contributed by atoms with van der Waals surface area (Å²) in [5.74, 6) is 0.00568. The Morgan fingerprint density at radius 2 is 2.05 bits per heavy atom. The second kappa shape index (κ2) is 5.95. The fourth-order valence-electron chi connectivity index (χ4n) is 1.97. The van der Waals surface area contributed by atoms with Gasteiger partial charge in [0.05, 0.1) is 18.5 Å². The van der Waals surface area contributed by atoms with Gasteiger partial charge in [-0.05, 0) is 19.9 Å². The second-order valence-electron chi connectivity index (χ2n) is 5.83. The Morgan fingerprint density at radius 3 is 2.59 bits per heavy atom. The molecule has 122 valence electrons. The van der Waals surface area contributed by atoms with E-state index in [1.54, 1.807) is 18.7 Å². The van der Waals surface area contributed by atoms with E-state index in [-0.39, 0.29) is 23.8 Å². The van der Waals surface area contributed by atoms with Gasteiger partial charge in [0.2, 0.25) is 11.8 Å². The van der Waals surface area contributed by atoms with E-state index in [1.165, 1.54) is 12.1 Å². The highest BCUT2D eigenvalue weighted by atomic mass is 35.5. The fraction of sp³-hybridized carbons (Fsp3) is 0.571. The number of carbonyl (C=O) groups is 1. The maximum atomic E-state index is 12.6. The van der Waals surface area contributed by atoms with Crippen molar-refractivity contribution in [1.29, 1.82) is 0 Å². The highest BCUT2D eigenvalue weighted by Crippen LogP contribution is 2.30. The van der Waals surface area contributed by atoms with Gasteiger partial charge in [-0.3, -0.25) is 4.79 Å². The van der Waals surface area contributed by atoms with Gasteiger partial charge in [0.15, 0.2) is 0 Å². The molecule has 0 radical (unpaired) electrons. The number of ether oxygens (including phenoxy) is 1. The van der Waals surface area contributed by atoms with Crippen LogP contribution in [0.5, 0.6) is 5.88 Å². The molecule has 8 heteroatoms. The molecule has 1 saturated heterocycles. The third kappa shape index (κ3) is 3.63. The number of aromatic nitrogens is 1. The highest BCUT2D eigenvalue weighted by Gasteiger charge is 2.39. The van der Waals surface area contributed by atoms with E-state index in [0.29, 0.717) is 13.1 Å². The van der Waals surface area contributed by atoms with Crippen molar-refractivity contribution in [3.63, 3.8) is 0 Å². The minimum Gasteiger partial charge on any atom is -0.471 e. The second-order valence-corrected chi connectivity index (χ2v) is 6.09. The summed E-state index contributed by atoms with van der Waals surface area (Å²) in [5.41, 5.74) is -1.67. The molecule has 0 aliphatic carbocycles. The van der Waals surface area contributed by atoms with Crippen LogP contribution in [0.25, 0.3) is 0 Å². The zero-order chi connectivity index (χ0) is 16.5. The van der Waals surface area contributed by atoms with Crippen molar-refractivity contribution in [2.24, 2.45) is 5.41 Å². The average molecular weight is 337 g/mol. The molecule has 4 nitrogen and oxygen atoms in total. The Bertz CT molecular complexity index is 557. The van der Waals surface area contributed by atoms with Gasteiger partial charge >= 0.3 is 6.18 Å². The van der Waals surface area contributed by atoms with Gasteiger partial charge in [-0.25, -0.2) is 4.98 Å². The minimum atomic E-state index is -4.51. The maximum absolute atomic E-state index is 12.6. The van der Waals surface area contributed by atoms with Crippen LogP contribution >= 0.6 is 11.6 Å². The van der Waals surface area contributed by atoms with Crippen LogP contribution in [0.15, 0.2) is 18.2 Å². The van der Waals surface area contributed by atoms with Crippen molar-refractivity contribution in [3.8, 4) is 5.88 Å². The van der Waals surface area contributed by atoms with E-state index >= 15 is 0 Å². The Kier molecular flexibility index (Phi) is 4.56. The molecule has 1 aromatic heterocycles. The monoisotopic (exact) mass is 336 g/mol.